The topological polar surface area (TPSA) is 64.9 Å². The molecule has 0 saturated carbocycles. The molecule has 4 nitrogen and oxygen atoms in total. The molecule has 0 aliphatic heterocycles. The van der Waals surface area contributed by atoms with Crippen LogP contribution in [-0.2, 0) is 6.42 Å². The molecule has 1 aromatic heterocycles. The quantitative estimate of drug-likeness (QED) is 0.856. The number of nitrogens with two attached hydrogens (primary N) is 1. The summed E-state index contributed by atoms with van der Waals surface area (Å²) in [7, 11) is 0. The monoisotopic (exact) mass is 221 g/mol. The molecule has 0 radical (unpaired) electrons. The van der Waals surface area contributed by atoms with E-state index in [1.807, 2.05) is 6.92 Å². The van der Waals surface area contributed by atoms with E-state index in [0.29, 0.717) is 30.3 Å². The summed E-state index contributed by atoms with van der Waals surface area (Å²) in [4.78, 5) is 0. The molecule has 0 aliphatic carbocycles. The predicted octanol–water partition coefficient (Wildman–Crippen LogP) is 1.69. The Balaban J connectivity index is 2.34. The van der Waals surface area contributed by atoms with E-state index in [4.69, 9.17) is 10.2 Å². The van der Waals surface area contributed by atoms with Crippen molar-refractivity contribution in [3.63, 3.8) is 0 Å². The molecule has 0 saturated heterocycles. The number of benzene rings is 1. The van der Waals surface area contributed by atoms with Gasteiger partial charge in [-0.25, -0.2) is 4.39 Å². The van der Waals surface area contributed by atoms with Crippen molar-refractivity contribution in [1.29, 1.82) is 0 Å². The van der Waals surface area contributed by atoms with E-state index >= 15 is 0 Å². The maximum absolute atomic E-state index is 13.2. The zero-order valence-electron chi connectivity index (χ0n) is 8.90. The van der Waals surface area contributed by atoms with E-state index in [1.165, 1.54) is 12.1 Å². The van der Waals surface area contributed by atoms with Crippen LogP contribution >= 0.6 is 0 Å². The van der Waals surface area contributed by atoms with Crippen molar-refractivity contribution in [2.24, 2.45) is 5.73 Å². The highest BCUT2D eigenvalue weighted by molar-refractivity contribution is 5.53. The lowest BCUT2D eigenvalue weighted by Crippen LogP contribution is -2.02. The van der Waals surface area contributed by atoms with Gasteiger partial charge in [0.15, 0.2) is 0 Å². The second-order valence-corrected chi connectivity index (χ2v) is 3.56. The fourth-order valence-corrected chi connectivity index (χ4v) is 1.45. The number of aromatic nitrogens is 2. The number of hydrogen-bond donors (Lipinski definition) is 1. The molecule has 2 N–H and O–H groups in total. The van der Waals surface area contributed by atoms with Gasteiger partial charge in [0.2, 0.25) is 11.8 Å². The number of aryl methyl sites for hydroxylation is 1. The Bertz CT molecular complexity index is 475. The lowest BCUT2D eigenvalue weighted by atomic mass is 10.1. The van der Waals surface area contributed by atoms with E-state index in [0.717, 1.165) is 5.56 Å². The van der Waals surface area contributed by atoms with Gasteiger partial charge in [-0.1, -0.05) is 0 Å². The average molecular weight is 221 g/mol. The molecule has 0 unspecified atom stereocenters. The van der Waals surface area contributed by atoms with Crippen LogP contribution in [0.1, 0.15) is 11.5 Å². The third-order valence-corrected chi connectivity index (χ3v) is 2.11. The zero-order valence-corrected chi connectivity index (χ0v) is 8.90. The third-order valence-electron chi connectivity index (χ3n) is 2.11. The fourth-order valence-electron chi connectivity index (χ4n) is 1.45. The van der Waals surface area contributed by atoms with E-state index < -0.39 is 0 Å². The molecule has 0 spiro atoms. The van der Waals surface area contributed by atoms with E-state index in [2.05, 4.69) is 10.2 Å². The average Bonchev–Trinajstić information content (AvgIpc) is 2.65. The van der Waals surface area contributed by atoms with Crippen molar-refractivity contribution in [3.8, 4) is 11.5 Å². The molecule has 2 aromatic rings. The largest absolute Gasteiger partial charge is 0.421 e. The summed E-state index contributed by atoms with van der Waals surface area (Å²) in [6.45, 7) is 2.26. The Morgan fingerprint density at radius 3 is 2.81 bits per heavy atom. The predicted molar refractivity (Wildman–Crippen MR) is 57.2 cm³/mol. The molecule has 1 aromatic carbocycles. The van der Waals surface area contributed by atoms with Crippen LogP contribution in [0.4, 0.5) is 4.39 Å². The molecule has 0 fully saturated rings. The molecule has 0 atom stereocenters. The Kier molecular flexibility index (Phi) is 2.96. The smallest absolute Gasteiger partial charge is 0.247 e. The number of rotatable bonds is 3. The van der Waals surface area contributed by atoms with E-state index in [9.17, 15) is 4.39 Å². The van der Waals surface area contributed by atoms with Crippen LogP contribution in [0, 0.1) is 12.7 Å². The summed E-state index contributed by atoms with van der Waals surface area (Å²) in [5.41, 5.74) is 6.77. The van der Waals surface area contributed by atoms with E-state index in [-0.39, 0.29) is 5.82 Å². The first-order chi connectivity index (χ1) is 7.69. The molecule has 0 aliphatic rings. The minimum atomic E-state index is -0.312. The molecule has 5 heteroatoms. The van der Waals surface area contributed by atoms with Gasteiger partial charge in [-0.05, 0) is 30.7 Å². The number of nitrogens with zero attached hydrogens (tertiary/aromatic N) is 2. The van der Waals surface area contributed by atoms with Gasteiger partial charge in [-0.15, -0.1) is 10.2 Å². The van der Waals surface area contributed by atoms with Crippen LogP contribution in [0.15, 0.2) is 22.6 Å². The standard InChI is InChI=1S/C11H12FN3O/c1-7-4-8(6-9(12)5-7)11-15-14-10(16-11)2-3-13/h4-6H,2-3,13H2,1H3. The summed E-state index contributed by atoms with van der Waals surface area (Å²) in [6, 6.07) is 4.61. The van der Waals surface area contributed by atoms with Crippen LogP contribution in [0.2, 0.25) is 0 Å². The first-order valence-electron chi connectivity index (χ1n) is 4.99. The van der Waals surface area contributed by atoms with Crippen molar-refractivity contribution in [1.82, 2.24) is 10.2 Å². The first kappa shape index (κ1) is 10.8. The van der Waals surface area contributed by atoms with Crippen molar-refractivity contribution in [2.45, 2.75) is 13.3 Å². The highest BCUT2D eigenvalue weighted by atomic mass is 19.1. The third kappa shape index (κ3) is 2.25. The number of hydrogen-bond acceptors (Lipinski definition) is 4. The van der Waals surface area contributed by atoms with E-state index in [1.54, 1.807) is 6.07 Å². The maximum atomic E-state index is 13.2. The van der Waals surface area contributed by atoms with Gasteiger partial charge in [0.05, 0.1) is 0 Å². The van der Waals surface area contributed by atoms with Gasteiger partial charge >= 0.3 is 0 Å². The summed E-state index contributed by atoms with van der Waals surface area (Å²) in [5.74, 6) is 0.485. The summed E-state index contributed by atoms with van der Waals surface area (Å²) >= 11 is 0. The lowest BCUT2D eigenvalue weighted by molar-refractivity contribution is 0.506. The van der Waals surface area contributed by atoms with Gasteiger partial charge in [-0.2, -0.15) is 0 Å². The van der Waals surface area contributed by atoms with Crippen LogP contribution in [0.25, 0.3) is 11.5 Å². The SMILES string of the molecule is Cc1cc(F)cc(-c2nnc(CCN)o2)c1. The molecular weight excluding hydrogens is 209 g/mol. The Labute approximate surface area is 92.3 Å². The Hall–Kier alpha value is -1.75. The van der Waals surface area contributed by atoms with Crippen LogP contribution in [-0.4, -0.2) is 16.7 Å². The highest BCUT2D eigenvalue weighted by Crippen LogP contribution is 2.20. The minimum absolute atomic E-state index is 0.312. The van der Waals surface area contributed by atoms with Crippen LogP contribution in [0.5, 0.6) is 0 Å². The molecule has 2 rings (SSSR count). The first-order valence-corrected chi connectivity index (χ1v) is 4.99. The van der Waals surface area contributed by atoms with Crippen molar-refractivity contribution < 1.29 is 8.81 Å². The molecule has 0 bridgehead atoms. The molecule has 16 heavy (non-hydrogen) atoms. The summed E-state index contributed by atoms with van der Waals surface area (Å²) in [5, 5.41) is 7.67. The zero-order chi connectivity index (χ0) is 11.5. The van der Waals surface area contributed by atoms with Crippen molar-refractivity contribution in [3.05, 3.63) is 35.5 Å². The van der Waals surface area contributed by atoms with Gasteiger partial charge in [0.1, 0.15) is 5.82 Å². The summed E-state index contributed by atoms with van der Waals surface area (Å²) < 4.78 is 18.5. The fraction of sp³-hybridized carbons (Fsp3) is 0.273. The second kappa shape index (κ2) is 4.40. The number of halogens is 1. The molecule has 1 heterocycles. The van der Waals surface area contributed by atoms with Crippen LogP contribution in [0.3, 0.4) is 0 Å². The highest BCUT2D eigenvalue weighted by Gasteiger charge is 2.09. The lowest BCUT2D eigenvalue weighted by Gasteiger charge is -1.97. The Morgan fingerprint density at radius 2 is 2.12 bits per heavy atom. The second-order valence-electron chi connectivity index (χ2n) is 3.56. The van der Waals surface area contributed by atoms with Crippen molar-refractivity contribution in [2.75, 3.05) is 6.54 Å². The molecule has 0 amide bonds. The maximum Gasteiger partial charge on any atom is 0.247 e. The van der Waals surface area contributed by atoms with Gasteiger partial charge in [0, 0.05) is 18.5 Å². The normalized spacial score (nSPS) is 10.7. The molecule has 84 valence electrons. The molecular formula is C11H12FN3O. The van der Waals surface area contributed by atoms with Gasteiger partial charge < -0.3 is 10.2 Å². The minimum Gasteiger partial charge on any atom is -0.421 e. The van der Waals surface area contributed by atoms with Crippen molar-refractivity contribution >= 4 is 0 Å². The summed E-state index contributed by atoms with van der Waals surface area (Å²) in [6.07, 6.45) is 0.529. The van der Waals surface area contributed by atoms with Gasteiger partial charge in [-0.3, -0.25) is 0 Å². The Morgan fingerprint density at radius 1 is 1.31 bits per heavy atom. The van der Waals surface area contributed by atoms with Crippen LogP contribution < -0.4 is 5.73 Å². The van der Waals surface area contributed by atoms with Gasteiger partial charge in [0.25, 0.3) is 0 Å².